The minimum Gasteiger partial charge on any atom is -0.311 e. The Labute approximate surface area is 117 Å². The van der Waals surface area contributed by atoms with Gasteiger partial charge in [0.1, 0.15) is 0 Å². The average molecular weight is 290 g/mol. The molecule has 1 fully saturated rings. The van der Waals surface area contributed by atoms with Crippen molar-refractivity contribution in [1.29, 1.82) is 0 Å². The van der Waals surface area contributed by atoms with Gasteiger partial charge in [0.25, 0.3) is 0 Å². The van der Waals surface area contributed by atoms with Gasteiger partial charge < -0.3 is 5.32 Å². The number of rotatable bonds is 4. The van der Waals surface area contributed by atoms with Gasteiger partial charge in [-0.1, -0.05) is 23.2 Å². The predicted octanol–water partition coefficient (Wildman–Crippen LogP) is 4.37. The molecule has 1 nitrogen and oxygen atoms in total. The van der Waals surface area contributed by atoms with Crippen LogP contribution in [0.3, 0.4) is 0 Å². The Kier molecular flexibility index (Phi) is 4.65. The second-order valence-corrected chi connectivity index (χ2v) is 7.27. The summed E-state index contributed by atoms with van der Waals surface area (Å²) in [5.41, 5.74) is 1.07. The quantitative estimate of drug-likeness (QED) is 0.883. The standard InChI is InChI=1S/C13H17Cl2NS/c1-13(5-2-6-17-13)9-16-8-10-7-11(14)3-4-12(10)15/h3-4,7,16H,2,5-6,8-9H2,1H3. The summed E-state index contributed by atoms with van der Waals surface area (Å²) in [6, 6.07) is 5.61. The zero-order valence-electron chi connectivity index (χ0n) is 9.93. The molecule has 1 N–H and O–H groups in total. The molecule has 0 bridgehead atoms. The summed E-state index contributed by atoms with van der Waals surface area (Å²) in [5, 5.41) is 5.01. The number of benzene rings is 1. The Bertz CT molecular complexity index is 389. The summed E-state index contributed by atoms with van der Waals surface area (Å²) in [5.74, 6) is 1.29. The van der Waals surface area contributed by atoms with Crippen LogP contribution >= 0.6 is 35.0 Å². The zero-order valence-corrected chi connectivity index (χ0v) is 12.3. The van der Waals surface area contributed by atoms with Gasteiger partial charge in [-0.25, -0.2) is 0 Å². The number of hydrogen-bond acceptors (Lipinski definition) is 2. The fourth-order valence-electron chi connectivity index (χ4n) is 2.12. The van der Waals surface area contributed by atoms with Gasteiger partial charge >= 0.3 is 0 Å². The average Bonchev–Trinajstić information content (AvgIpc) is 2.71. The molecule has 0 radical (unpaired) electrons. The lowest BCUT2D eigenvalue weighted by atomic mass is 10.1. The van der Waals surface area contributed by atoms with Crippen molar-refractivity contribution in [3.05, 3.63) is 33.8 Å². The molecule has 4 heteroatoms. The van der Waals surface area contributed by atoms with Crippen molar-refractivity contribution in [2.24, 2.45) is 0 Å². The van der Waals surface area contributed by atoms with E-state index >= 15 is 0 Å². The van der Waals surface area contributed by atoms with Gasteiger partial charge in [-0.2, -0.15) is 11.8 Å². The van der Waals surface area contributed by atoms with Gasteiger partial charge in [0.2, 0.25) is 0 Å². The monoisotopic (exact) mass is 289 g/mol. The Morgan fingerprint density at radius 1 is 1.41 bits per heavy atom. The van der Waals surface area contributed by atoms with Crippen LogP contribution in [0.25, 0.3) is 0 Å². The third-order valence-corrected chi connectivity index (χ3v) is 5.26. The molecule has 0 saturated carbocycles. The first-order valence-electron chi connectivity index (χ1n) is 5.88. The number of hydrogen-bond donors (Lipinski definition) is 1. The molecule has 0 spiro atoms. The van der Waals surface area contributed by atoms with Gasteiger partial charge in [-0.15, -0.1) is 0 Å². The van der Waals surface area contributed by atoms with E-state index in [2.05, 4.69) is 24.0 Å². The largest absolute Gasteiger partial charge is 0.311 e. The second kappa shape index (κ2) is 5.83. The second-order valence-electron chi connectivity index (χ2n) is 4.74. The highest BCUT2D eigenvalue weighted by Gasteiger charge is 2.28. The van der Waals surface area contributed by atoms with E-state index < -0.39 is 0 Å². The molecule has 1 atom stereocenters. The molecule has 2 rings (SSSR count). The van der Waals surface area contributed by atoms with Gasteiger partial charge in [0, 0.05) is 27.9 Å². The number of thioether (sulfide) groups is 1. The summed E-state index contributed by atoms with van der Waals surface area (Å²) in [4.78, 5) is 0. The zero-order chi connectivity index (χ0) is 12.3. The first-order chi connectivity index (χ1) is 8.09. The molecular formula is C13H17Cl2NS. The molecule has 94 valence electrons. The van der Waals surface area contributed by atoms with E-state index in [0.717, 1.165) is 28.7 Å². The third kappa shape index (κ3) is 3.78. The van der Waals surface area contributed by atoms with Crippen molar-refractivity contribution in [3.8, 4) is 0 Å². The van der Waals surface area contributed by atoms with Crippen LogP contribution in [0.15, 0.2) is 18.2 Å². The van der Waals surface area contributed by atoms with E-state index in [1.165, 1.54) is 18.6 Å². The third-order valence-electron chi connectivity index (χ3n) is 3.12. The van der Waals surface area contributed by atoms with Crippen molar-refractivity contribution in [1.82, 2.24) is 5.32 Å². The van der Waals surface area contributed by atoms with Gasteiger partial charge in [-0.3, -0.25) is 0 Å². The minimum atomic E-state index is 0.394. The molecule has 0 aromatic heterocycles. The Morgan fingerprint density at radius 3 is 2.94 bits per heavy atom. The molecular weight excluding hydrogens is 273 g/mol. The van der Waals surface area contributed by atoms with Crippen LogP contribution in [0.4, 0.5) is 0 Å². The summed E-state index contributed by atoms with van der Waals surface area (Å²) >= 11 is 14.1. The molecule has 1 heterocycles. The van der Waals surface area contributed by atoms with Crippen molar-refractivity contribution in [3.63, 3.8) is 0 Å². The summed E-state index contributed by atoms with van der Waals surface area (Å²) in [6.07, 6.45) is 2.63. The molecule has 1 aliphatic heterocycles. The first-order valence-corrected chi connectivity index (χ1v) is 7.62. The topological polar surface area (TPSA) is 12.0 Å². The Morgan fingerprint density at radius 2 is 2.24 bits per heavy atom. The fraction of sp³-hybridized carbons (Fsp3) is 0.538. The van der Waals surface area contributed by atoms with Gasteiger partial charge in [-0.05, 0) is 49.3 Å². The lowest BCUT2D eigenvalue weighted by Crippen LogP contribution is -2.32. The van der Waals surface area contributed by atoms with E-state index in [9.17, 15) is 0 Å². The van der Waals surface area contributed by atoms with Crippen LogP contribution in [0.5, 0.6) is 0 Å². The smallest absolute Gasteiger partial charge is 0.0451 e. The van der Waals surface area contributed by atoms with E-state index in [1.54, 1.807) is 0 Å². The van der Waals surface area contributed by atoms with Crippen LogP contribution in [-0.2, 0) is 6.54 Å². The van der Waals surface area contributed by atoms with E-state index in [4.69, 9.17) is 23.2 Å². The Balaban J connectivity index is 1.87. The molecule has 0 amide bonds. The Hall–Kier alpha value is 0.110. The van der Waals surface area contributed by atoms with Gasteiger partial charge in [0.05, 0.1) is 0 Å². The normalized spacial score (nSPS) is 24.2. The lowest BCUT2D eigenvalue weighted by Gasteiger charge is -2.23. The van der Waals surface area contributed by atoms with Crippen molar-refractivity contribution in [2.45, 2.75) is 31.1 Å². The summed E-state index contributed by atoms with van der Waals surface area (Å²) in [7, 11) is 0. The highest BCUT2D eigenvalue weighted by molar-refractivity contribution is 8.00. The highest BCUT2D eigenvalue weighted by atomic mass is 35.5. The highest BCUT2D eigenvalue weighted by Crippen LogP contribution is 2.37. The SMILES string of the molecule is CC1(CNCc2cc(Cl)ccc2Cl)CCCS1. The summed E-state index contributed by atoms with van der Waals surface area (Å²) < 4.78 is 0.394. The van der Waals surface area contributed by atoms with E-state index in [0.29, 0.717) is 4.75 Å². The van der Waals surface area contributed by atoms with Crippen molar-refractivity contribution < 1.29 is 0 Å². The molecule has 1 saturated heterocycles. The van der Waals surface area contributed by atoms with E-state index in [1.807, 2.05) is 18.2 Å². The summed E-state index contributed by atoms with van der Waals surface area (Å²) in [6.45, 7) is 4.15. The lowest BCUT2D eigenvalue weighted by molar-refractivity contribution is 0.537. The van der Waals surface area contributed by atoms with Crippen LogP contribution in [0.2, 0.25) is 10.0 Å². The van der Waals surface area contributed by atoms with Crippen LogP contribution < -0.4 is 5.32 Å². The van der Waals surface area contributed by atoms with E-state index in [-0.39, 0.29) is 0 Å². The van der Waals surface area contributed by atoms with Crippen LogP contribution in [0.1, 0.15) is 25.3 Å². The molecule has 1 aliphatic rings. The molecule has 0 aliphatic carbocycles. The number of halogens is 2. The molecule has 1 aromatic carbocycles. The van der Waals surface area contributed by atoms with Crippen molar-refractivity contribution >= 4 is 35.0 Å². The van der Waals surface area contributed by atoms with Crippen LogP contribution in [-0.4, -0.2) is 17.0 Å². The predicted molar refractivity (Wildman–Crippen MR) is 78.3 cm³/mol. The molecule has 1 aromatic rings. The minimum absolute atomic E-state index is 0.394. The molecule has 1 unspecified atom stereocenters. The first kappa shape index (κ1) is 13.5. The molecule has 17 heavy (non-hydrogen) atoms. The maximum absolute atomic E-state index is 6.12. The maximum atomic E-state index is 6.12. The van der Waals surface area contributed by atoms with Crippen molar-refractivity contribution in [2.75, 3.05) is 12.3 Å². The van der Waals surface area contributed by atoms with Gasteiger partial charge in [0.15, 0.2) is 0 Å². The maximum Gasteiger partial charge on any atom is 0.0451 e. The fourth-order valence-corrected chi connectivity index (χ4v) is 3.77. The van der Waals surface area contributed by atoms with Crippen LogP contribution in [0, 0.1) is 0 Å². The number of nitrogens with one attached hydrogen (secondary N) is 1.